The van der Waals surface area contributed by atoms with Crippen LogP contribution in [0.2, 0.25) is 0 Å². The summed E-state index contributed by atoms with van der Waals surface area (Å²) >= 11 is 0. The smallest absolute Gasteiger partial charge is 0.409 e. The van der Waals surface area contributed by atoms with Crippen LogP contribution in [0.25, 0.3) is 22.2 Å². The molecule has 0 saturated carbocycles. The van der Waals surface area contributed by atoms with Crippen LogP contribution in [0.15, 0.2) is 53.5 Å². The molecule has 3 heterocycles. The number of hydrogen-bond acceptors (Lipinski definition) is 6. The molecule has 0 aliphatic carbocycles. The van der Waals surface area contributed by atoms with Crippen LogP contribution in [0.3, 0.4) is 0 Å². The second-order valence-electron chi connectivity index (χ2n) is 9.63. The topological polar surface area (TPSA) is 91.5 Å². The summed E-state index contributed by atoms with van der Waals surface area (Å²) in [6.07, 6.45) is 1.63. The highest BCUT2D eigenvalue weighted by Crippen LogP contribution is 2.34. The van der Waals surface area contributed by atoms with E-state index in [9.17, 15) is 18.4 Å². The first-order valence-corrected chi connectivity index (χ1v) is 12.7. The molecule has 0 N–H and O–H groups in total. The van der Waals surface area contributed by atoms with Crippen molar-refractivity contribution in [2.75, 3.05) is 20.2 Å². The van der Waals surface area contributed by atoms with Crippen molar-refractivity contribution in [1.29, 1.82) is 0 Å². The maximum atomic E-state index is 13.6. The van der Waals surface area contributed by atoms with E-state index in [2.05, 4.69) is 10.1 Å². The summed E-state index contributed by atoms with van der Waals surface area (Å²) in [5, 5.41) is 4.37. The normalized spacial score (nSPS) is 14.3. The molecule has 39 heavy (non-hydrogen) atoms. The number of ether oxygens (including phenoxy) is 2. The summed E-state index contributed by atoms with van der Waals surface area (Å²) in [4.78, 5) is 31.8. The third kappa shape index (κ3) is 5.47. The van der Waals surface area contributed by atoms with Gasteiger partial charge in [0, 0.05) is 37.7 Å². The lowest BCUT2D eigenvalue weighted by Crippen LogP contribution is -2.41. The van der Waals surface area contributed by atoms with Gasteiger partial charge < -0.3 is 14.4 Å². The van der Waals surface area contributed by atoms with Crippen LogP contribution in [0, 0.1) is 13.8 Å². The molecule has 2 aromatic heterocycles. The summed E-state index contributed by atoms with van der Waals surface area (Å²) in [6.45, 7) is 2.23. The molecule has 0 radical (unpaired) electrons. The maximum absolute atomic E-state index is 13.6. The highest BCUT2D eigenvalue weighted by molar-refractivity contribution is 5.87. The average Bonchev–Trinajstić information content (AvgIpc) is 3.43. The van der Waals surface area contributed by atoms with Gasteiger partial charge in [-0.15, -0.1) is 0 Å². The predicted molar refractivity (Wildman–Crippen MR) is 141 cm³/mol. The summed E-state index contributed by atoms with van der Waals surface area (Å²) in [6, 6.07) is 12.7. The van der Waals surface area contributed by atoms with Gasteiger partial charge in [-0.3, -0.25) is 9.36 Å². The van der Waals surface area contributed by atoms with E-state index in [1.807, 2.05) is 31.2 Å². The molecular formula is C28H29F2N5O4. The summed E-state index contributed by atoms with van der Waals surface area (Å²) < 4.78 is 39.9. The van der Waals surface area contributed by atoms with Gasteiger partial charge in [-0.05, 0) is 37.6 Å². The Kier molecular flexibility index (Phi) is 7.32. The molecule has 1 aliphatic heterocycles. The molecule has 204 valence electrons. The number of carbonyl (C=O) groups excluding carboxylic acids is 1. The number of halogens is 2. The molecule has 0 atom stereocenters. The molecule has 4 aromatic rings. The van der Waals surface area contributed by atoms with Crippen LogP contribution in [0.4, 0.5) is 13.6 Å². The minimum atomic E-state index is -2.79. The summed E-state index contributed by atoms with van der Waals surface area (Å²) in [5.41, 5.74) is 3.03. The third-order valence-electron chi connectivity index (χ3n) is 6.96. The lowest BCUT2D eigenvalue weighted by Gasteiger charge is -2.31. The van der Waals surface area contributed by atoms with E-state index < -0.39 is 12.6 Å². The van der Waals surface area contributed by atoms with Gasteiger partial charge >= 0.3 is 12.6 Å². The van der Waals surface area contributed by atoms with Crippen molar-refractivity contribution < 1.29 is 23.0 Å². The van der Waals surface area contributed by atoms with Gasteiger partial charge in [-0.2, -0.15) is 13.9 Å². The zero-order chi connectivity index (χ0) is 27.7. The number of carbonyl (C=O) groups is 1. The third-order valence-corrected chi connectivity index (χ3v) is 6.96. The predicted octanol–water partition coefficient (Wildman–Crippen LogP) is 4.93. The quantitative estimate of drug-likeness (QED) is 0.346. The van der Waals surface area contributed by atoms with Gasteiger partial charge in [-0.1, -0.05) is 29.8 Å². The fraction of sp³-hybridized carbons (Fsp3) is 0.357. The number of nitrogens with zero attached hydrogens (tertiary/aromatic N) is 5. The number of benzene rings is 2. The fourth-order valence-electron chi connectivity index (χ4n) is 4.77. The highest BCUT2D eigenvalue weighted by Gasteiger charge is 2.26. The number of methoxy groups -OCH3 is 1. The lowest BCUT2D eigenvalue weighted by molar-refractivity contribution is 0.0567. The highest BCUT2D eigenvalue weighted by atomic mass is 19.3. The first-order valence-electron chi connectivity index (χ1n) is 12.7. The van der Waals surface area contributed by atoms with E-state index in [0.717, 1.165) is 11.1 Å². The van der Waals surface area contributed by atoms with Gasteiger partial charge in [-0.25, -0.2) is 14.5 Å². The molecule has 5 rings (SSSR count). The Balaban J connectivity index is 1.55. The van der Waals surface area contributed by atoms with Gasteiger partial charge in [0.15, 0.2) is 0 Å². The van der Waals surface area contributed by atoms with Crippen LogP contribution >= 0.6 is 0 Å². The SMILES string of the molecule is COC(=O)N1CCC(Oc2cc3c(=O)n(Cc4ccc(C)cc4)c(C)nc3cc2-c2ccn(C(F)F)n2)CC1. The zero-order valence-electron chi connectivity index (χ0n) is 21.9. The van der Waals surface area contributed by atoms with E-state index in [1.54, 1.807) is 28.5 Å². The van der Waals surface area contributed by atoms with E-state index in [4.69, 9.17) is 9.47 Å². The number of alkyl halides is 2. The Bertz CT molecular complexity index is 1560. The molecule has 1 saturated heterocycles. The Morgan fingerprint density at radius 1 is 1.10 bits per heavy atom. The first kappa shape index (κ1) is 26.3. The molecule has 1 fully saturated rings. The second kappa shape index (κ2) is 10.8. The molecule has 0 spiro atoms. The minimum absolute atomic E-state index is 0.229. The standard InChI is InChI=1S/C28H29F2N5O4/c1-17-4-6-19(7-5-17)16-34-18(2)31-24-14-21(23-10-13-35(32-23)27(29)30)25(15-22(24)26(34)36)39-20-8-11-33(12-9-20)28(37)38-3/h4-7,10,13-15,20,27H,8-9,11-12,16H2,1-3H3. The van der Waals surface area contributed by atoms with Crippen LogP contribution in [-0.4, -0.2) is 56.6 Å². The van der Waals surface area contributed by atoms with Crippen LogP contribution in [0.1, 0.15) is 36.3 Å². The van der Waals surface area contributed by atoms with Crippen LogP contribution in [0.5, 0.6) is 5.75 Å². The number of hydrogen-bond donors (Lipinski definition) is 0. The van der Waals surface area contributed by atoms with E-state index in [0.29, 0.717) is 65.2 Å². The Morgan fingerprint density at radius 3 is 2.46 bits per heavy atom. The fourth-order valence-corrected chi connectivity index (χ4v) is 4.77. The molecular weight excluding hydrogens is 508 g/mol. The van der Waals surface area contributed by atoms with E-state index >= 15 is 0 Å². The molecule has 0 unspecified atom stereocenters. The largest absolute Gasteiger partial charge is 0.490 e. The maximum Gasteiger partial charge on any atom is 0.409 e. The lowest BCUT2D eigenvalue weighted by atomic mass is 10.1. The molecule has 11 heteroatoms. The van der Waals surface area contributed by atoms with Crippen molar-refractivity contribution in [2.24, 2.45) is 0 Å². The van der Waals surface area contributed by atoms with Crippen LogP contribution < -0.4 is 10.3 Å². The molecule has 9 nitrogen and oxygen atoms in total. The number of rotatable bonds is 6. The van der Waals surface area contributed by atoms with Crippen molar-refractivity contribution in [3.8, 4) is 17.0 Å². The minimum Gasteiger partial charge on any atom is -0.490 e. The Hall–Kier alpha value is -4.28. The number of aromatic nitrogens is 4. The van der Waals surface area contributed by atoms with Crippen molar-refractivity contribution in [3.63, 3.8) is 0 Å². The average molecular weight is 538 g/mol. The number of amides is 1. The second-order valence-corrected chi connectivity index (χ2v) is 9.63. The molecule has 1 aliphatic rings. The number of likely N-dealkylation sites (tertiary alicyclic amines) is 1. The van der Waals surface area contributed by atoms with Crippen molar-refractivity contribution >= 4 is 17.0 Å². The van der Waals surface area contributed by atoms with Crippen molar-refractivity contribution in [2.45, 2.75) is 45.9 Å². The number of aryl methyl sites for hydroxylation is 2. The molecule has 1 amide bonds. The summed E-state index contributed by atoms with van der Waals surface area (Å²) in [5.74, 6) is 0.879. The first-order chi connectivity index (χ1) is 18.7. The van der Waals surface area contributed by atoms with Crippen LogP contribution in [-0.2, 0) is 11.3 Å². The van der Waals surface area contributed by atoms with Crippen molar-refractivity contribution in [1.82, 2.24) is 24.2 Å². The van der Waals surface area contributed by atoms with Gasteiger partial charge in [0.25, 0.3) is 5.56 Å². The monoisotopic (exact) mass is 537 g/mol. The number of piperidine rings is 1. The number of fused-ring (bicyclic) bond motifs is 1. The Morgan fingerprint density at radius 2 is 1.82 bits per heavy atom. The Labute approximate surface area is 223 Å². The summed E-state index contributed by atoms with van der Waals surface area (Å²) in [7, 11) is 1.34. The van der Waals surface area contributed by atoms with E-state index in [1.165, 1.54) is 19.4 Å². The van der Waals surface area contributed by atoms with Gasteiger partial charge in [0.2, 0.25) is 0 Å². The van der Waals surface area contributed by atoms with Gasteiger partial charge in [0.05, 0.1) is 30.3 Å². The molecule has 2 aromatic carbocycles. The van der Waals surface area contributed by atoms with Gasteiger partial charge in [0.1, 0.15) is 17.7 Å². The van der Waals surface area contributed by atoms with E-state index in [-0.39, 0.29) is 17.4 Å². The van der Waals surface area contributed by atoms with Crippen molar-refractivity contribution in [3.05, 3.63) is 76.0 Å². The molecule has 0 bridgehead atoms. The zero-order valence-corrected chi connectivity index (χ0v) is 21.9.